The first-order valence-electron chi connectivity index (χ1n) is 7.43. The third-order valence-electron chi connectivity index (χ3n) is 3.74. The highest BCUT2D eigenvalue weighted by atomic mass is 16.5. The summed E-state index contributed by atoms with van der Waals surface area (Å²) in [4.78, 5) is 25.1. The molecule has 2 atom stereocenters. The highest BCUT2D eigenvalue weighted by Crippen LogP contribution is 2.21. The van der Waals surface area contributed by atoms with Crippen LogP contribution in [0.4, 0.5) is 0 Å². The second-order valence-electron chi connectivity index (χ2n) is 5.34. The maximum Gasteiger partial charge on any atom is 0.332 e. The average Bonchev–Trinajstić information content (AvgIpc) is 3.02. The lowest BCUT2D eigenvalue weighted by Gasteiger charge is -2.24. The summed E-state index contributed by atoms with van der Waals surface area (Å²) in [5.74, 6) is -1.16. The molecular formula is C17H21NO4. The lowest BCUT2D eigenvalue weighted by Crippen LogP contribution is -2.41. The fourth-order valence-electron chi connectivity index (χ4n) is 2.56. The fourth-order valence-corrected chi connectivity index (χ4v) is 2.56. The van der Waals surface area contributed by atoms with Crippen LogP contribution in [0.2, 0.25) is 0 Å². The van der Waals surface area contributed by atoms with Crippen LogP contribution < -0.4 is 0 Å². The molecule has 22 heavy (non-hydrogen) atoms. The Morgan fingerprint density at radius 1 is 1.27 bits per heavy atom. The van der Waals surface area contributed by atoms with Crippen LogP contribution in [0.15, 0.2) is 43.0 Å². The van der Waals surface area contributed by atoms with E-state index >= 15 is 0 Å². The number of carboxylic acid groups (broad SMARTS) is 1. The van der Waals surface area contributed by atoms with Gasteiger partial charge in [0.05, 0.1) is 0 Å². The number of carbonyl (C=O) groups is 2. The van der Waals surface area contributed by atoms with Gasteiger partial charge in [-0.05, 0) is 24.8 Å². The van der Waals surface area contributed by atoms with E-state index in [9.17, 15) is 9.59 Å². The molecule has 1 aliphatic heterocycles. The Balaban J connectivity index is 1.94. The minimum atomic E-state index is -1.00. The number of nitrogens with zero attached hydrogens (tertiary/aromatic N) is 1. The molecule has 118 valence electrons. The number of carbonyl (C=O) groups excluding carboxylic acids is 1. The van der Waals surface area contributed by atoms with Crippen LogP contribution in [-0.2, 0) is 20.7 Å². The molecular weight excluding hydrogens is 282 g/mol. The van der Waals surface area contributed by atoms with E-state index in [2.05, 4.69) is 6.58 Å². The zero-order valence-electron chi connectivity index (χ0n) is 12.5. The number of hydrogen-bond donors (Lipinski definition) is 1. The summed E-state index contributed by atoms with van der Waals surface area (Å²) in [6.07, 6.45) is 1.73. The summed E-state index contributed by atoms with van der Waals surface area (Å²) in [7, 11) is 0. The van der Waals surface area contributed by atoms with Gasteiger partial charge in [0.1, 0.15) is 6.10 Å². The molecule has 2 rings (SSSR count). The van der Waals surface area contributed by atoms with Crippen molar-refractivity contribution >= 4 is 11.9 Å². The summed E-state index contributed by atoms with van der Waals surface area (Å²) >= 11 is 0. The first-order chi connectivity index (χ1) is 10.6. The van der Waals surface area contributed by atoms with E-state index in [-0.39, 0.29) is 5.91 Å². The topological polar surface area (TPSA) is 66.8 Å². The molecule has 0 saturated carbocycles. The molecule has 1 heterocycles. The minimum Gasteiger partial charge on any atom is -0.479 e. The number of ether oxygens (including phenoxy) is 1. The normalized spacial score (nSPS) is 20.5. The number of hydrogen-bond acceptors (Lipinski definition) is 3. The van der Waals surface area contributed by atoms with Gasteiger partial charge in [0, 0.05) is 13.1 Å². The van der Waals surface area contributed by atoms with E-state index in [0.717, 1.165) is 12.0 Å². The fraction of sp³-hybridized carbons (Fsp3) is 0.412. The van der Waals surface area contributed by atoms with Gasteiger partial charge < -0.3 is 14.7 Å². The lowest BCUT2D eigenvalue weighted by molar-refractivity contribution is -0.154. The zero-order valence-corrected chi connectivity index (χ0v) is 12.5. The number of rotatable bonds is 7. The van der Waals surface area contributed by atoms with Crippen LogP contribution >= 0.6 is 0 Å². The predicted octanol–water partition coefficient (Wildman–Crippen LogP) is 1.88. The van der Waals surface area contributed by atoms with Crippen molar-refractivity contribution in [2.45, 2.75) is 31.5 Å². The Bertz CT molecular complexity index is 529. The molecule has 1 aromatic rings. The predicted molar refractivity (Wildman–Crippen MR) is 82.5 cm³/mol. The van der Waals surface area contributed by atoms with Crippen molar-refractivity contribution in [1.29, 1.82) is 0 Å². The van der Waals surface area contributed by atoms with Gasteiger partial charge >= 0.3 is 5.97 Å². The Kier molecular flexibility index (Phi) is 5.72. The minimum absolute atomic E-state index is 0.153. The smallest absolute Gasteiger partial charge is 0.332 e. The SMILES string of the molecule is C=CCN(CCc1ccccc1)C(=O)[C@@H]1CC[C@H](C(=O)O)O1. The van der Waals surface area contributed by atoms with Gasteiger partial charge in [-0.2, -0.15) is 0 Å². The highest BCUT2D eigenvalue weighted by Gasteiger charge is 2.36. The van der Waals surface area contributed by atoms with Crippen LogP contribution in [0.25, 0.3) is 0 Å². The maximum atomic E-state index is 12.5. The lowest BCUT2D eigenvalue weighted by atomic mass is 10.1. The number of carboxylic acids is 1. The molecule has 0 bridgehead atoms. The zero-order chi connectivity index (χ0) is 15.9. The summed E-state index contributed by atoms with van der Waals surface area (Å²) in [5, 5.41) is 8.94. The molecule has 0 aromatic heterocycles. The first-order valence-corrected chi connectivity index (χ1v) is 7.43. The summed E-state index contributed by atoms with van der Waals surface area (Å²) in [6, 6.07) is 9.92. The van der Waals surface area contributed by atoms with Crippen molar-refractivity contribution in [1.82, 2.24) is 4.90 Å². The maximum absolute atomic E-state index is 12.5. The van der Waals surface area contributed by atoms with Crippen LogP contribution in [-0.4, -0.2) is 47.2 Å². The van der Waals surface area contributed by atoms with Crippen molar-refractivity contribution in [2.24, 2.45) is 0 Å². The van der Waals surface area contributed by atoms with Gasteiger partial charge in [0.2, 0.25) is 0 Å². The molecule has 5 nitrogen and oxygen atoms in total. The Morgan fingerprint density at radius 2 is 1.95 bits per heavy atom. The molecule has 0 spiro atoms. The Labute approximate surface area is 130 Å². The second-order valence-corrected chi connectivity index (χ2v) is 5.34. The van der Waals surface area contributed by atoms with Crippen molar-refractivity contribution < 1.29 is 19.4 Å². The first kappa shape index (κ1) is 16.2. The molecule has 1 N–H and O–H groups in total. The van der Waals surface area contributed by atoms with Crippen molar-refractivity contribution in [3.63, 3.8) is 0 Å². The van der Waals surface area contributed by atoms with Crippen LogP contribution in [0.3, 0.4) is 0 Å². The van der Waals surface area contributed by atoms with Gasteiger partial charge in [0.15, 0.2) is 6.10 Å². The van der Waals surface area contributed by atoms with Crippen molar-refractivity contribution in [3.05, 3.63) is 48.6 Å². The van der Waals surface area contributed by atoms with Gasteiger partial charge in [-0.15, -0.1) is 6.58 Å². The molecule has 0 radical (unpaired) electrons. The molecule has 1 aliphatic rings. The van der Waals surface area contributed by atoms with E-state index in [4.69, 9.17) is 9.84 Å². The van der Waals surface area contributed by atoms with Gasteiger partial charge in [0.25, 0.3) is 5.91 Å². The molecule has 0 unspecified atom stereocenters. The summed E-state index contributed by atoms with van der Waals surface area (Å²) < 4.78 is 5.34. The summed E-state index contributed by atoms with van der Waals surface area (Å²) in [5.41, 5.74) is 1.15. The highest BCUT2D eigenvalue weighted by molar-refractivity contribution is 5.82. The van der Waals surface area contributed by atoms with Crippen LogP contribution in [0.1, 0.15) is 18.4 Å². The van der Waals surface area contributed by atoms with Crippen LogP contribution in [0, 0.1) is 0 Å². The Hall–Kier alpha value is -2.14. The molecule has 1 fully saturated rings. The molecule has 0 aliphatic carbocycles. The third-order valence-corrected chi connectivity index (χ3v) is 3.74. The van der Waals surface area contributed by atoms with Crippen molar-refractivity contribution in [3.8, 4) is 0 Å². The Morgan fingerprint density at radius 3 is 2.55 bits per heavy atom. The number of amides is 1. The largest absolute Gasteiger partial charge is 0.479 e. The van der Waals surface area contributed by atoms with E-state index < -0.39 is 18.2 Å². The third kappa shape index (κ3) is 4.18. The number of benzene rings is 1. The summed E-state index contributed by atoms with van der Waals surface area (Å²) in [6.45, 7) is 4.67. The number of aliphatic carboxylic acids is 1. The van der Waals surface area contributed by atoms with Gasteiger partial charge in [-0.3, -0.25) is 4.79 Å². The monoisotopic (exact) mass is 303 g/mol. The second kappa shape index (κ2) is 7.75. The van der Waals surface area contributed by atoms with Gasteiger partial charge in [-0.1, -0.05) is 36.4 Å². The molecule has 1 amide bonds. The standard InChI is InChI=1S/C17H21NO4/c1-2-11-18(12-10-13-6-4-3-5-7-13)16(19)14-8-9-15(22-14)17(20)21/h2-7,14-15H,1,8-12H2,(H,20,21)/t14-,15+/m0/s1. The average molecular weight is 303 g/mol. The molecule has 1 saturated heterocycles. The van der Waals surface area contributed by atoms with E-state index in [1.807, 2.05) is 30.3 Å². The van der Waals surface area contributed by atoms with E-state index in [1.54, 1.807) is 11.0 Å². The quantitative estimate of drug-likeness (QED) is 0.781. The molecule has 1 aromatic carbocycles. The van der Waals surface area contributed by atoms with Crippen molar-refractivity contribution in [2.75, 3.05) is 13.1 Å². The van der Waals surface area contributed by atoms with Gasteiger partial charge in [-0.25, -0.2) is 4.79 Å². The van der Waals surface area contributed by atoms with E-state index in [0.29, 0.717) is 25.9 Å². The van der Waals surface area contributed by atoms with Crippen LogP contribution in [0.5, 0.6) is 0 Å². The molecule has 5 heteroatoms. The van der Waals surface area contributed by atoms with E-state index in [1.165, 1.54) is 0 Å².